The van der Waals surface area contributed by atoms with Gasteiger partial charge in [0.2, 0.25) is 0 Å². The fourth-order valence-electron chi connectivity index (χ4n) is 2.10. The highest BCUT2D eigenvalue weighted by Crippen LogP contribution is 2.25. The van der Waals surface area contributed by atoms with Crippen molar-refractivity contribution >= 4 is 45.0 Å². The van der Waals surface area contributed by atoms with Crippen molar-refractivity contribution in [3.63, 3.8) is 0 Å². The maximum atomic E-state index is 12.0. The molecule has 0 saturated heterocycles. The number of carbonyl (C=O) groups is 1. The molecule has 0 atom stereocenters. The van der Waals surface area contributed by atoms with E-state index in [1.165, 1.54) is 0 Å². The van der Waals surface area contributed by atoms with Crippen molar-refractivity contribution in [2.75, 3.05) is 0 Å². The zero-order valence-electron chi connectivity index (χ0n) is 9.76. The standard InChI is InChI=1S/C13H14BrCl2NO/c14-9-2-4-10(5-3-9)17-13(18)8-1-6-11(15)12(16)7-8/h1,6-7,9-10H,2-5H2,(H,17,18). The molecule has 1 saturated carbocycles. The predicted octanol–water partition coefficient (Wildman–Crippen LogP) is 4.43. The number of benzene rings is 1. The number of halogens is 3. The number of carbonyl (C=O) groups excluding carboxylic acids is 1. The average molecular weight is 351 g/mol. The van der Waals surface area contributed by atoms with Crippen LogP contribution in [0.4, 0.5) is 0 Å². The van der Waals surface area contributed by atoms with Crippen LogP contribution in [0.5, 0.6) is 0 Å². The van der Waals surface area contributed by atoms with Gasteiger partial charge >= 0.3 is 0 Å². The summed E-state index contributed by atoms with van der Waals surface area (Å²) in [5.41, 5.74) is 0.561. The highest BCUT2D eigenvalue weighted by molar-refractivity contribution is 9.09. The van der Waals surface area contributed by atoms with Crippen LogP contribution in [0.1, 0.15) is 36.0 Å². The summed E-state index contributed by atoms with van der Waals surface area (Å²) in [6.07, 6.45) is 4.24. The molecule has 0 aromatic heterocycles. The quantitative estimate of drug-likeness (QED) is 0.785. The molecule has 1 amide bonds. The van der Waals surface area contributed by atoms with Crippen molar-refractivity contribution in [2.45, 2.75) is 36.6 Å². The minimum absolute atomic E-state index is 0.0772. The van der Waals surface area contributed by atoms with Gasteiger partial charge < -0.3 is 5.32 Å². The zero-order valence-corrected chi connectivity index (χ0v) is 12.9. The van der Waals surface area contributed by atoms with Crippen LogP contribution in [0.3, 0.4) is 0 Å². The molecule has 98 valence electrons. The Balaban J connectivity index is 1.97. The van der Waals surface area contributed by atoms with Crippen molar-refractivity contribution in [1.82, 2.24) is 5.32 Å². The third kappa shape index (κ3) is 3.62. The van der Waals surface area contributed by atoms with Crippen LogP contribution in [0.2, 0.25) is 10.0 Å². The van der Waals surface area contributed by atoms with E-state index in [2.05, 4.69) is 21.2 Å². The molecule has 18 heavy (non-hydrogen) atoms. The van der Waals surface area contributed by atoms with Gasteiger partial charge in [0, 0.05) is 16.4 Å². The molecule has 1 aromatic rings. The maximum absolute atomic E-state index is 12.0. The van der Waals surface area contributed by atoms with E-state index in [1.54, 1.807) is 18.2 Å². The van der Waals surface area contributed by atoms with Gasteiger partial charge in [-0.3, -0.25) is 4.79 Å². The van der Waals surface area contributed by atoms with E-state index in [1.807, 2.05) is 0 Å². The Kier molecular flexibility index (Phi) is 4.93. The van der Waals surface area contributed by atoms with Crippen LogP contribution in [0.25, 0.3) is 0 Å². The lowest BCUT2D eigenvalue weighted by Crippen LogP contribution is -2.37. The second-order valence-corrected chi connectivity index (χ2v) is 6.66. The molecule has 0 aliphatic heterocycles. The summed E-state index contributed by atoms with van der Waals surface area (Å²) in [7, 11) is 0. The topological polar surface area (TPSA) is 29.1 Å². The fourth-order valence-corrected chi connectivity index (χ4v) is 2.93. The Morgan fingerprint density at radius 3 is 2.44 bits per heavy atom. The van der Waals surface area contributed by atoms with Crippen LogP contribution >= 0.6 is 39.1 Å². The van der Waals surface area contributed by atoms with Crippen molar-refractivity contribution in [2.24, 2.45) is 0 Å². The molecule has 2 nitrogen and oxygen atoms in total. The van der Waals surface area contributed by atoms with E-state index in [0.29, 0.717) is 20.4 Å². The Hall–Kier alpha value is -0.250. The summed E-state index contributed by atoms with van der Waals surface area (Å²) >= 11 is 15.3. The molecule has 1 aliphatic carbocycles. The Morgan fingerprint density at radius 2 is 1.83 bits per heavy atom. The first-order chi connectivity index (χ1) is 8.56. The van der Waals surface area contributed by atoms with E-state index in [4.69, 9.17) is 23.2 Å². The van der Waals surface area contributed by atoms with Gasteiger partial charge in [-0.2, -0.15) is 0 Å². The Morgan fingerprint density at radius 1 is 1.17 bits per heavy atom. The van der Waals surface area contributed by atoms with E-state index in [9.17, 15) is 4.79 Å². The van der Waals surface area contributed by atoms with Crippen molar-refractivity contribution in [3.8, 4) is 0 Å². The molecule has 1 fully saturated rings. The molecule has 0 bridgehead atoms. The normalized spacial score (nSPS) is 23.7. The third-order valence-corrected chi connectivity index (χ3v) is 4.83. The van der Waals surface area contributed by atoms with Gasteiger partial charge in [-0.15, -0.1) is 0 Å². The molecule has 0 heterocycles. The van der Waals surface area contributed by atoms with E-state index in [0.717, 1.165) is 25.7 Å². The van der Waals surface area contributed by atoms with Crippen LogP contribution in [-0.4, -0.2) is 16.8 Å². The smallest absolute Gasteiger partial charge is 0.251 e. The van der Waals surface area contributed by atoms with Crippen LogP contribution < -0.4 is 5.32 Å². The van der Waals surface area contributed by atoms with Crippen molar-refractivity contribution in [1.29, 1.82) is 0 Å². The molecule has 0 unspecified atom stereocenters. The van der Waals surface area contributed by atoms with Crippen molar-refractivity contribution in [3.05, 3.63) is 33.8 Å². The summed E-state index contributed by atoms with van der Waals surface area (Å²) in [5.74, 6) is -0.0772. The van der Waals surface area contributed by atoms with Gasteiger partial charge in [0.15, 0.2) is 0 Å². The number of amides is 1. The molecular weight excluding hydrogens is 337 g/mol. The SMILES string of the molecule is O=C(NC1CCC(Br)CC1)c1ccc(Cl)c(Cl)c1. The van der Waals surface area contributed by atoms with Gasteiger partial charge in [-0.05, 0) is 43.9 Å². The number of hydrogen-bond donors (Lipinski definition) is 1. The molecule has 1 aliphatic rings. The van der Waals surface area contributed by atoms with E-state index in [-0.39, 0.29) is 11.9 Å². The first kappa shape index (κ1) is 14.2. The average Bonchev–Trinajstić information content (AvgIpc) is 2.35. The second-order valence-electron chi connectivity index (χ2n) is 4.55. The van der Waals surface area contributed by atoms with Gasteiger partial charge in [-0.1, -0.05) is 39.1 Å². The van der Waals surface area contributed by atoms with Gasteiger partial charge in [0.1, 0.15) is 0 Å². The molecular formula is C13H14BrCl2NO. The minimum Gasteiger partial charge on any atom is -0.349 e. The number of hydrogen-bond acceptors (Lipinski definition) is 1. The molecule has 1 N–H and O–H groups in total. The maximum Gasteiger partial charge on any atom is 0.251 e. The van der Waals surface area contributed by atoms with E-state index >= 15 is 0 Å². The summed E-state index contributed by atoms with van der Waals surface area (Å²) in [5, 5.41) is 3.92. The molecule has 2 rings (SSSR count). The number of rotatable bonds is 2. The van der Waals surface area contributed by atoms with Gasteiger partial charge in [0.25, 0.3) is 5.91 Å². The molecule has 0 spiro atoms. The van der Waals surface area contributed by atoms with Crippen LogP contribution in [0.15, 0.2) is 18.2 Å². The lowest BCUT2D eigenvalue weighted by molar-refractivity contribution is 0.0928. The Labute approximate surface area is 125 Å². The van der Waals surface area contributed by atoms with Crippen LogP contribution in [-0.2, 0) is 0 Å². The molecule has 5 heteroatoms. The Bertz CT molecular complexity index is 445. The minimum atomic E-state index is -0.0772. The number of alkyl halides is 1. The number of nitrogens with one attached hydrogen (secondary N) is 1. The zero-order chi connectivity index (χ0) is 13.1. The summed E-state index contributed by atoms with van der Waals surface area (Å²) in [6.45, 7) is 0. The first-order valence-corrected chi connectivity index (χ1v) is 7.63. The first-order valence-electron chi connectivity index (χ1n) is 5.96. The largest absolute Gasteiger partial charge is 0.349 e. The fraction of sp³-hybridized carbons (Fsp3) is 0.462. The summed E-state index contributed by atoms with van der Waals surface area (Å²) in [4.78, 5) is 12.6. The summed E-state index contributed by atoms with van der Waals surface area (Å²) < 4.78 is 0. The van der Waals surface area contributed by atoms with E-state index < -0.39 is 0 Å². The molecule has 0 radical (unpaired) electrons. The van der Waals surface area contributed by atoms with Crippen molar-refractivity contribution < 1.29 is 4.79 Å². The second kappa shape index (κ2) is 6.27. The molecule has 1 aromatic carbocycles. The highest BCUT2D eigenvalue weighted by atomic mass is 79.9. The third-order valence-electron chi connectivity index (χ3n) is 3.17. The summed E-state index contributed by atoms with van der Waals surface area (Å²) in [6, 6.07) is 5.21. The van der Waals surface area contributed by atoms with Gasteiger partial charge in [0.05, 0.1) is 10.0 Å². The van der Waals surface area contributed by atoms with Gasteiger partial charge in [-0.25, -0.2) is 0 Å². The lowest BCUT2D eigenvalue weighted by atomic mass is 9.95. The monoisotopic (exact) mass is 349 g/mol. The highest BCUT2D eigenvalue weighted by Gasteiger charge is 2.21. The van der Waals surface area contributed by atoms with Crippen LogP contribution in [0, 0.1) is 0 Å². The lowest BCUT2D eigenvalue weighted by Gasteiger charge is -2.26. The predicted molar refractivity (Wildman–Crippen MR) is 78.9 cm³/mol.